The highest BCUT2D eigenvalue weighted by atomic mass is 15.1. The minimum Gasteiger partial charge on any atom is -0.295 e. The van der Waals surface area contributed by atoms with Crippen molar-refractivity contribution in [1.29, 1.82) is 0 Å². The summed E-state index contributed by atoms with van der Waals surface area (Å²) in [5, 5.41) is 0. The number of nitrogens with zero attached hydrogens (tertiary/aromatic N) is 1. The smallest absolute Gasteiger partial charge is 0.0237 e. The van der Waals surface area contributed by atoms with Crippen LogP contribution in [0.25, 0.3) is 0 Å². The Balaban J connectivity index is 2.59. The SMILES string of the molecule is C=CCCN(CC(C)=CC)Cc1ccccc1. The van der Waals surface area contributed by atoms with Crippen molar-refractivity contribution >= 4 is 0 Å². The van der Waals surface area contributed by atoms with Crippen LogP contribution in [0.1, 0.15) is 25.8 Å². The number of rotatable bonds is 7. The minimum atomic E-state index is 1.01. The summed E-state index contributed by atoms with van der Waals surface area (Å²) in [6, 6.07) is 10.6. The Morgan fingerprint density at radius 2 is 2.00 bits per heavy atom. The summed E-state index contributed by atoms with van der Waals surface area (Å²) in [5.74, 6) is 0. The molecule has 0 amide bonds. The lowest BCUT2D eigenvalue weighted by Gasteiger charge is -2.22. The molecule has 0 bridgehead atoms. The molecule has 0 aliphatic heterocycles. The zero-order chi connectivity index (χ0) is 12.5. The van der Waals surface area contributed by atoms with Gasteiger partial charge in [0.2, 0.25) is 0 Å². The van der Waals surface area contributed by atoms with E-state index in [1.165, 1.54) is 11.1 Å². The summed E-state index contributed by atoms with van der Waals surface area (Å²) in [5.41, 5.74) is 2.80. The summed E-state index contributed by atoms with van der Waals surface area (Å²) in [7, 11) is 0. The van der Waals surface area contributed by atoms with Crippen molar-refractivity contribution in [2.75, 3.05) is 13.1 Å². The van der Waals surface area contributed by atoms with Crippen molar-refractivity contribution in [1.82, 2.24) is 4.90 Å². The zero-order valence-corrected chi connectivity index (χ0v) is 11.0. The van der Waals surface area contributed by atoms with Crippen molar-refractivity contribution < 1.29 is 0 Å². The molecular formula is C16H23N. The highest BCUT2D eigenvalue weighted by molar-refractivity contribution is 5.15. The van der Waals surface area contributed by atoms with E-state index >= 15 is 0 Å². The van der Waals surface area contributed by atoms with Gasteiger partial charge in [-0.1, -0.05) is 48.1 Å². The lowest BCUT2D eigenvalue weighted by molar-refractivity contribution is 0.293. The maximum absolute atomic E-state index is 3.80. The summed E-state index contributed by atoms with van der Waals surface area (Å²) < 4.78 is 0. The molecule has 0 atom stereocenters. The van der Waals surface area contributed by atoms with E-state index in [2.05, 4.69) is 61.7 Å². The first-order valence-electron chi connectivity index (χ1n) is 6.25. The van der Waals surface area contributed by atoms with Crippen LogP contribution in [-0.2, 0) is 6.54 Å². The van der Waals surface area contributed by atoms with Gasteiger partial charge < -0.3 is 0 Å². The third kappa shape index (κ3) is 5.50. The van der Waals surface area contributed by atoms with Gasteiger partial charge in [0.15, 0.2) is 0 Å². The summed E-state index contributed by atoms with van der Waals surface area (Å²) >= 11 is 0. The van der Waals surface area contributed by atoms with E-state index in [4.69, 9.17) is 0 Å². The average molecular weight is 229 g/mol. The maximum atomic E-state index is 3.80. The molecule has 0 saturated heterocycles. The van der Waals surface area contributed by atoms with Crippen molar-refractivity contribution in [3.63, 3.8) is 0 Å². The van der Waals surface area contributed by atoms with Gasteiger partial charge in [0.25, 0.3) is 0 Å². The number of benzene rings is 1. The summed E-state index contributed by atoms with van der Waals surface area (Å²) in [6.45, 7) is 11.2. The third-order valence-electron chi connectivity index (χ3n) is 2.86. The topological polar surface area (TPSA) is 3.24 Å². The Kier molecular flexibility index (Phi) is 6.34. The first kappa shape index (κ1) is 13.7. The number of hydrogen-bond donors (Lipinski definition) is 0. The minimum absolute atomic E-state index is 1.01. The van der Waals surface area contributed by atoms with Gasteiger partial charge in [-0.3, -0.25) is 4.90 Å². The molecule has 0 fully saturated rings. The molecule has 0 unspecified atom stereocenters. The van der Waals surface area contributed by atoms with Crippen LogP contribution in [0.2, 0.25) is 0 Å². The fourth-order valence-electron chi connectivity index (χ4n) is 1.77. The van der Waals surface area contributed by atoms with E-state index in [1.807, 2.05) is 6.08 Å². The summed E-state index contributed by atoms with van der Waals surface area (Å²) in [4.78, 5) is 2.46. The second-order valence-corrected chi connectivity index (χ2v) is 4.41. The van der Waals surface area contributed by atoms with Gasteiger partial charge >= 0.3 is 0 Å². The van der Waals surface area contributed by atoms with E-state index in [0.717, 1.165) is 26.1 Å². The fourth-order valence-corrected chi connectivity index (χ4v) is 1.77. The second kappa shape index (κ2) is 7.86. The molecule has 92 valence electrons. The Morgan fingerprint density at radius 1 is 1.29 bits per heavy atom. The van der Waals surface area contributed by atoms with Gasteiger partial charge in [-0.25, -0.2) is 0 Å². The molecule has 0 radical (unpaired) electrons. The molecule has 0 spiro atoms. The normalized spacial score (nSPS) is 11.8. The third-order valence-corrected chi connectivity index (χ3v) is 2.86. The molecule has 0 saturated carbocycles. The Labute approximate surface area is 105 Å². The van der Waals surface area contributed by atoms with Gasteiger partial charge in [-0.05, 0) is 25.8 Å². The number of hydrogen-bond acceptors (Lipinski definition) is 1. The quantitative estimate of drug-likeness (QED) is 0.638. The molecule has 1 rings (SSSR count). The molecule has 0 aromatic heterocycles. The van der Waals surface area contributed by atoms with Gasteiger partial charge in [0.05, 0.1) is 0 Å². The van der Waals surface area contributed by atoms with Crippen LogP contribution >= 0.6 is 0 Å². The van der Waals surface area contributed by atoms with E-state index in [0.29, 0.717) is 0 Å². The molecule has 17 heavy (non-hydrogen) atoms. The monoisotopic (exact) mass is 229 g/mol. The molecule has 1 heteroatoms. The average Bonchev–Trinajstić information content (AvgIpc) is 2.37. The van der Waals surface area contributed by atoms with Crippen molar-refractivity contribution in [3.05, 3.63) is 60.2 Å². The second-order valence-electron chi connectivity index (χ2n) is 4.41. The largest absolute Gasteiger partial charge is 0.295 e. The van der Waals surface area contributed by atoms with E-state index in [9.17, 15) is 0 Å². The lowest BCUT2D eigenvalue weighted by Crippen LogP contribution is -2.26. The van der Waals surface area contributed by atoms with Crippen LogP contribution < -0.4 is 0 Å². The standard InChI is InChI=1S/C16H23N/c1-4-6-12-17(13-15(3)5-2)14-16-10-8-7-9-11-16/h4-5,7-11H,1,6,12-14H2,2-3H3. The predicted molar refractivity (Wildman–Crippen MR) is 76.0 cm³/mol. The van der Waals surface area contributed by atoms with Gasteiger partial charge in [-0.15, -0.1) is 6.58 Å². The first-order chi connectivity index (χ1) is 8.26. The molecule has 0 aliphatic carbocycles. The van der Waals surface area contributed by atoms with Crippen LogP contribution in [-0.4, -0.2) is 18.0 Å². The molecule has 1 nitrogen and oxygen atoms in total. The van der Waals surface area contributed by atoms with Gasteiger partial charge in [0, 0.05) is 19.6 Å². The zero-order valence-electron chi connectivity index (χ0n) is 11.0. The Morgan fingerprint density at radius 3 is 2.59 bits per heavy atom. The van der Waals surface area contributed by atoms with E-state index in [1.54, 1.807) is 0 Å². The van der Waals surface area contributed by atoms with Crippen molar-refractivity contribution in [3.8, 4) is 0 Å². The molecule has 1 aromatic rings. The lowest BCUT2D eigenvalue weighted by atomic mass is 10.2. The van der Waals surface area contributed by atoms with Gasteiger partial charge in [0.1, 0.15) is 0 Å². The van der Waals surface area contributed by atoms with E-state index in [-0.39, 0.29) is 0 Å². The highest BCUT2D eigenvalue weighted by Gasteiger charge is 2.05. The first-order valence-corrected chi connectivity index (χ1v) is 6.25. The van der Waals surface area contributed by atoms with Gasteiger partial charge in [-0.2, -0.15) is 0 Å². The van der Waals surface area contributed by atoms with Crippen molar-refractivity contribution in [2.45, 2.75) is 26.8 Å². The highest BCUT2D eigenvalue weighted by Crippen LogP contribution is 2.07. The van der Waals surface area contributed by atoms with Crippen molar-refractivity contribution in [2.24, 2.45) is 0 Å². The summed E-state index contributed by atoms with van der Waals surface area (Å²) in [6.07, 6.45) is 5.22. The fraction of sp³-hybridized carbons (Fsp3) is 0.375. The van der Waals surface area contributed by atoms with Crippen LogP contribution in [0.3, 0.4) is 0 Å². The van der Waals surface area contributed by atoms with Crippen LogP contribution in [0.5, 0.6) is 0 Å². The molecule has 1 aromatic carbocycles. The predicted octanol–water partition coefficient (Wildman–Crippen LogP) is 4.03. The van der Waals surface area contributed by atoms with Crippen LogP contribution in [0.4, 0.5) is 0 Å². The maximum Gasteiger partial charge on any atom is 0.0237 e. The Hall–Kier alpha value is -1.34. The van der Waals surface area contributed by atoms with Crippen LogP contribution in [0.15, 0.2) is 54.6 Å². The Bertz CT molecular complexity index is 351. The molecule has 0 heterocycles. The number of allylic oxidation sites excluding steroid dienone is 1. The molecule has 0 N–H and O–H groups in total. The molecule has 0 aliphatic rings. The molecular weight excluding hydrogens is 206 g/mol. The van der Waals surface area contributed by atoms with Crippen LogP contribution in [0, 0.1) is 0 Å². The van der Waals surface area contributed by atoms with E-state index < -0.39 is 0 Å².